The molecule has 4 rings (SSSR count). The van der Waals surface area contributed by atoms with Crippen LogP contribution < -0.4 is 25.8 Å². The van der Waals surface area contributed by atoms with Gasteiger partial charge in [-0.05, 0) is 57.3 Å². The molecule has 0 bridgehead atoms. The molecule has 11 heteroatoms. The number of halogens is 1. The summed E-state index contributed by atoms with van der Waals surface area (Å²) in [6, 6.07) is 10.9. The van der Waals surface area contributed by atoms with E-state index in [1.807, 2.05) is 18.2 Å². The normalized spacial score (nSPS) is 17.1. The lowest BCUT2D eigenvalue weighted by atomic mass is 9.88. The van der Waals surface area contributed by atoms with Crippen LogP contribution in [0.4, 0.5) is 23.1 Å². The molecule has 0 spiro atoms. The number of amides is 1. The molecular formula is C23H26ClN7O3. The fourth-order valence-corrected chi connectivity index (χ4v) is 3.71. The van der Waals surface area contributed by atoms with Gasteiger partial charge in [0.2, 0.25) is 5.95 Å². The number of nitrogens with two attached hydrogens (primary N) is 1. The zero-order chi connectivity index (χ0) is 24.2. The van der Waals surface area contributed by atoms with Crippen molar-refractivity contribution in [1.29, 1.82) is 0 Å². The summed E-state index contributed by atoms with van der Waals surface area (Å²) in [5, 5.41) is 6.34. The Balaban J connectivity index is 1.45. The first-order chi connectivity index (χ1) is 16.3. The van der Waals surface area contributed by atoms with Crippen molar-refractivity contribution in [3.05, 3.63) is 53.4 Å². The molecule has 0 unspecified atom stereocenters. The molecule has 0 aliphatic heterocycles. The second kappa shape index (κ2) is 10.1. The molecule has 1 aliphatic carbocycles. The van der Waals surface area contributed by atoms with Gasteiger partial charge in [-0.15, -0.1) is 0 Å². The second-order valence-electron chi connectivity index (χ2n) is 8.10. The molecule has 1 amide bonds. The van der Waals surface area contributed by atoms with E-state index in [1.54, 1.807) is 31.5 Å². The number of hydrogen-bond donors (Lipinski definition) is 3. The van der Waals surface area contributed by atoms with Crippen LogP contribution in [0.2, 0.25) is 5.15 Å². The van der Waals surface area contributed by atoms with Crippen molar-refractivity contribution in [3.63, 3.8) is 0 Å². The number of nitrogens with one attached hydrogen (secondary N) is 2. The van der Waals surface area contributed by atoms with Crippen LogP contribution in [0.5, 0.6) is 11.5 Å². The number of nitrogens with zero attached hydrogens (tertiary/aromatic N) is 4. The summed E-state index contributed by atoms with van der Waals surface area (Å²) in [5.74, 6) is 1.39. The van der Waals surface area contributed by atoms with Gasteiger partial charge in [-0.2, -0.15) is 4.98 Å². The Labute approximate surface area is 202 Å². The van der Waals surface area contributed by atoms with Gasteiger partial charge in [-0.25, -0.2) is 9.97 Å². The number of primary amides is 1. The summed E-state index contributed by atoms with van der Waals surface area (Å²) < 4.78 is 11.6. The molecule has 34 heavy (non-hydrogen) atoms. The Morgan fingerprint density at radius 3 is 2.62 bits per heavy atom. The molecule has 10 nitrogen and oxygen atoms in total. The van der Waals surface area contributed by atoms with Gasteiger partial charge in [0.15, 0.2) is 17.2 Å². The molecule has 1 aliphatic rings. The first kappa shape index (κ1) is 23.5. The number of carbonyl (C=O) groups excluding carboxylic acids is 1. The number of methoxy groups -OCH3 is 1. The minimum atomic E-state index is -0.703. The number of rotatable bonds is 9. The number of aromatic nitrogens is 3. The van der Waals surface area contributed by atoms with Crippen LogP contribution in [-0.2, 0) is 0 Å². The smallest absolute Gasteiger partial charge is 0.269 e. The van der Waals surface area contributed by atoms with Crippen molar-refractivity contribution < 1.29 is 14.3 Å². The van der Waals surface area contributed by atoms with Crippen LogP contribution in [0, 0.1) is 0 Å². The topological polar surface area (TPSA) is 128 Å². The van der Waals surface area contributed by atoms with E-state index in [9.17, 15) is 4.79 Å². The van der Waals surface area contributed by atoms with Gasteiger partial charge in [0.25, 0.3) is 5.91 Å². The number of carbonyl (C=O) groups is 1. The Hall–Kier alpha value is -3.63. The van der Waals surface area contributed by atoms with Crippen molar-refractivity contribution >= 4 is 40.6 Å². The first-order valence-corrected chi connectivity index (χ1v) is 11.0. The average Bonchev–Trinajstić information content (AvgIpc) is 2.77. The summed E-state index contributed by atoms with van der Waals surface area (Å²) >= 11 is 5.87. The summed E-state index contributed by atoms with van der Waals surface area (Å²) in [7, 11) is 5.77. The Morgan fingerprint density at radius 2 is 1.91 bits per heavy atom. The Bertz CT molecular complexity index is 1180. The lowest BCUT2D eigenvalue weighted by Gasteiger charge is -2.39. The van der Waals surface area contributed by atoms with Gasteiger partial charge in [0.05, 0.1) is 12.8 Å². The molecule has 2 heterocycles. The maximum absolute atomic E-state index is 11.7. The fourth-order valence-electron chi connectivity index (χ4n) is 3.56. The van der Waals surface area contributed by atoms with E-state index in [0.29, 0.717) is 35.0 Å². The van der Waals surface area contributed by atoms with Crippen molar-refractivity contribution in [2.24, 2.45) is 5.73 Å². The fraction of sp³-hybridized carbons (Fsp3) is 0.304. The van der Waals surface area contributed by atoms with Crippen molar-refractivity contribution in [2.45, 2.75) is 25.0 Å². The van der Waals surface area contributed by atoms with E-state index in [-0.39, 0.29) is 17.0 Å². The number of hydrogen-bond acceptors (Lipinski definition) is 9. The lowest BCUT2D eigenvalue weighted by Crippen LogP contribution is -2.46. The highest BCUT2D eigenvalue weighted by molar-refractivity contribution is 6.29. The van der Waals surface area contributed by atoms with Crippen LogP contribution in [0.3, 0.4) is 0 Å². The number of benzene rings is 1. The minimum Gasteiger partial charge on any atom is -0.493 e. The van der Waals surface area contributed by atoms with Crippen LogP contribution in [0.1, 0.15) is 23.3 Å². The van der Waals surface area contributed by atoms with Gasteiger partial charge in [0.1, 0.15) is 17.1 Å². The van der Waals surface area contributed by atoms with E-state index in [0.717, 1.165) is 18.5 Å². The first-order valence-electron chi connectivity index (χ1n) is 10.7. The van der Waals surface area contributed by atoms with E-state index < -0.39 is 5.91 Å². The molecule has 1 saturated carbocycles. The summed E-state index contributed by atoms with van der Waals surface area (Å²) in [5.41, 5.74) is 6.53. The van der Waals surface area contributed by atoms with Crippen LogP contribution in [-0.4, -0.2) is 59.1 Å². The summed E-state index contributed by atoms with van der Waals surface area (Å²) in [6.07, 6.45) is 3.74. The van der Waals surface area contributed by atoms with Crippen LogP contribution in [0.25, 0.3) is 0 Å². The van der Waals surface area contributed by atoms with E-state index in [2.05, 4.69) is 44.6 Å². The molecular weight excluding hydrogens is 458 g/mol. The third-order valence-electron chi connectivity index (χ3n) is 5.53. The number of pyridine rings is 1. The van der Waals surface area contributed by atoms with Crippen molar-refractivity contribution in [3.8, 4) is 11.5 Å². The lowest BCUT2D eigenvalue weighted by molar-refractivity contribution is 0.0383. The third kappa shape index (κ3) is 5.46. The molecule has 2 aromatic heterocycles. The van der Waals surface area contributed by atoms with Gasteiger partial charge < -0.3 is 30.7 Å². The van der Waals surface area contributed by atoms with E-state index in [4.69, 9.17) is 26.8 Å². The maximum atomic E-state index is 11.7. The highest BCUT2D eigenvalue weighted by Gasteiger charge is 2.32. The highest BCUT2D eigenvalue weighted by Crippen LogP contribution is 2.36. The highest BCUT2D eigenvalue weighted by atomic mass is 35.5. The average molecular weight is 484 g/mol. The summed E-state index contributed by atoms with van der Waals surface area (Å²) in [4.78, 5) is 26.6. The van der Waals surface area contributed by atoms with Crippen molar-refractivity contribution in [2.75, 3.05) is 31.8 Å². The number of ether oxygens (including phenoxy) is 2. The largest absolute Gasteiger partial charge is 0.493 e. The predicted molar refractivity (Wildman–Crippen MR) is 130 cm³/mol. The molecule has 4 N–H and O–H groups in total. The minimum absolute atomic E-state index is 0.0179. The monoisotopic (exact) mass is 483 g/mol. The van der Waals surface area contributed by atoms with Gasteiger partial charge >= 0.3 is 0 Å². The molecule has 0 saturated heterocycles. The molecule has 0 radical (unpaired) electrons. The molecule has 0 atom stereocenters. The Morgan fingerprint density at radius 1 is 1.12 bits per heavy atom. The Kier molecular flexibility index (Phi) is 6.99. The molecule has 1 aromatic carbocycles. The SMILES string of the molecule is COc1cc(Nc2nccc(Nc3ccc(Cl)nc3C(N)=O)n2)ccc1OC1CC(N(C)C)C1. The molecule has 1 fully saturated rings. The van der Waals surface area contributed by atoms with Gasteiger partial charge in [-0.3, -0.25) is 4.79 Å². The standard InChI is InChI=1S/C23H26ClN7O3/c1-31(2)14-11-15(12-14)34-17-6-4-13(10-18(17)33-3)27-23-26-9-8-20(30-23)28-16-5-7-19(24)29-21(16)22(25)32/h4-10,14-15H,11-12H2,1-3H3,(H2,25,32)(H2,26,27,28,30). The predicted octanol–water partition coefficient (Wildman–Crippen LogP) is 3.59. The van der Waals surface area contributed by atoms with Gasteiger partial charge in [-0.1, -0.05) is 11.6 Å². The zero-order valence-electron chi connectivity index (χ0n) is 19.1. The van der Waals surface area contributed by atoms with Crippen LogP contribution in [0.15, 0.2) is 42.6 Å². The molecule has 3 aromatic rings. The molecule has 178 valence electrons. The second-order valence-corrected chi connectivity index (χ2v) is 8.49. The summed E-state index contributed by atoms with van der Waals surface area (Å²) in [6.45, 7) is 0. The zero-order valence-corrected chi connectivity index (χ0v) is 19.8. The van der Waals surface area contributed by atoms with E-state index >= 15 is 0 Å². The van der Waals surface area contributed by atoms with Crippen LogP contribution >= 0.6 is 11.6 Å². The quantitative estimate of drug-likeness (QED) is 0.391. The van der Waals surface area contributed by atoms with Gasteiger partial charge in [0, 0.05) is 24.0 Å². The maximum Gasteiger partial charge on any atom is 0.269 e. The third-order valence-corrected chi connectivity index (χ3v) is 5.74. The number of anilines is 4. The van der Waals surface area contributed by atoms with E-state index in [1.165, 1.54) is 0 Å². The van der Waals surface area contributed by atoms with Crippen molar-refractivity contribution in [1.82, 2.24) is 19.9 Å².